The Labute approximate surface area is 161 Å². The van der Waals surface area contributed by atoms with E-state index >= 15 is 0 Å². The third-order valence-corrected chi connectivity index (χ3v) is 5.85. The SMILES string of the molecule is Cn1[nH]cc(C(=O)c2ccc(S(C)(=O)=O)c(N3CC(C)(C)CO3)c2Cl)c1=O. The van der Waals surface area contributed by atoms with E-state index in [1.807, 2.05) is 13.8 Å². The lowest BCUT2D eigenvalue weighted by Gasteiger charge is -2.23. The molecule has 1 saturated heterocycles. The van der Waals surface area contributed by atoms with Gasteiger partial charge in [0.15, 0.2) is 9.84 Å². The Morgan fingerprint density at radius 2 is 1.96 bits per heavy atom. The number of nitrogens with zero attached hydrogens (tertiary/aromatic N) is 2. The van der Waals surface area contributed by atoms with Crippen LogP contribution in [0.2, 0.25) is 5.02 Å². The van der Waals surface area contributed by atoms with Gasteiger partial charge in [0.25, 0.3) is 5.56 Å². The van der Waals surface area contributed by atoms with Crippen molar-refractivity contribution in [1.82, 2.24) is 9.78 Å². The fourth-order valence-corrected chi connectivity index (χ4v) is 4.17. The predicted octanol–water partition coefficient (Wildman–Crippen LogP) is 1.78. The maximum absolute atomic E-state index is 12.8. The van der Waals surface area contributed by atoms with Crippen molar-refractivity contribution in [2.75, 3.05) is 24.5 Å². The number of carbonyl (C=O) groups is 1. The van der Waals surface area contributed by atoms with Crippen LogP contribution in [0.3, 0.4) is 0 Å². The first-order valence-electron chi connectivity index (χ1n) is 8.14. The second kappa shape index (κ2) is 6.50. The van der Waals surface area contributed by atoms with Gasteiger partial charge < -0.3 is 5.10 Å². The molecule has 0 aliphatic carbocycles. The molecule has 3 rings (SSSR count). The number of benzene rings is 1. The Hall–Kier alpha value is -2.10. The third kappa shape index (κ3) is 3.54. The smallest absolute Gasteiger partial charge is 0.277 e. The van der Waals surface area contributed by atoms with Gasteiger partial charge in [0, 0.05) is 30.5 Å². The molecule has 8 nitrogen and oxygen atoms in total. The summed E-state index contributed by atoms with van der Waals surface area (Å²) in [6.45, 7) is 4.72. The number of nitrogens with one attached hydrogen (secondary N) is 1. The second-order valence-electron chi connectivity index (χ2n) is 7.40. The van der Waals surface area contributed by atoms with Gasteiger partial charge in [0.2, 0.25) is 5.78 Å². The van der Waals surface area contributed by atoms with Crippen LogP contribution in [0.4, 0.5) is 5.69 Å². The Bertz CT molecular complexity index is 1080. The molecule has 0 atom stereocenters. The molecule has 146 valence electrons. The molecule has 1 aliphatic heterocycles. The maximum atomic E-state index is 12.8. The fraction of sp³-hybridized carbons (Fsp3) is 0.412. The van der Waals surface area contributed by atoms with Crippen molar-refractivity contribution < 1.29 is 18.0 Å². The average molecular weight is 414 g/mol. The Kier molecular flexibility index (Phi) is 4.73. The summed E-state index contributed by atoms with van der Waals surface area (Å²) in [6, 6.07) is 2.63. The van der Waals surface area contributed by atoms with Crippen LogP contribution in [-0.4, -0.2) is 43.4 Å². The number of aromatic nitrogens is 2. The van der Waals surface area contributed by atoms with Gasteiger partial charge in [-0.05, 0) is 12.1 Å². The molecule has 0 bridgehead atoms. The minimum atomic E-state index is -3.63. The van der Waals surface area contributed by atoms with E-state index in [4.69, 9.17) is 16.4 Å². The molecule has 27 heavy (non-hydrogen) atoms. The van der Waals surface area contributed by atoms with E-state index in [-0.39, 0.29) is 32.1 Å². The maximum Gasteiger partial charge on any atom is 0.277 e. The molecule has 2 aromatic rings. The second-order valence-corrected chi connectivity index (χ2v) is 9.76. The van der Waals surface area contributed by atoms with Crippen LogP contribution in [-0.2, 0) is 21.7 Å². The van der Waals surface area contributed by atoms with E-state index in [0.29, 0.717) is 13.2 Å². The number of hydrogen-bond donors (Lipinski definition) is 1. The zero-order chi connectivity index (χ0) is 20.1. The summed E-state index contributed by atoms with van der Waals surface area (Å²) in [6.07, 6.45) is 2.35. The van der Waals surface area contributed by atoms with Gasteiger partial charge in [-0.15, -0.1) is 0 Å². The molecule has 2 heterocycles. The third-order valence-electron chi connectivity index (χ3n) is 4.34. The minimum Gasteiger partial charge on any atom is -0.302 e. The van der Waals surface area contributed by atoms with Crippen molar-refractivity contribution >= 4 is 32.9 Å². The molecule has 1 fully saturated rings. The number of hydroxylamine groups is 1. The first-order chi connectivity index (χ1) is 12.4. The Balaban J connectivity index is 2.19. The summed E-state index contributed by atoms with van der Waals surface area (Å²) in [7, 11) is -2.15. The van der Waals surface area contributed by atoms with Crippen molar-refractivity contribution in [2.45, 2.75) is 18.7 Å². The van der Waals surface area contributed by atoms with Crippen molar-refractivity contribution in [3.63, 3.8) is 0 Å². The number of H-pyrrole nitrogens is 1. The average Bonchev–Trinajstić information content (AvgIpc) is 3.08. The lowest BCUT2D eigenvalue weighted by molar-refractivity contribution is 0.103. The van der Waals surface area contributed by atoms with Crippen LogP contribution in [0.1, 0.15) is 29.8 Å². The van der Waals surface area contributed by atoms with Crippen LogP contribution in [0.15, 0.2) is 28.0 Å². The normalized spacial score (nSPS) is 16.7. The summed E-state index contributed by atoms with van der Waals surface area (Å²) in [5.74, 6) is -0.596. The van der Waals surface area contributed by atoms with Crippen LogP contribution < -0.4 is 10.6 Å². The van der Waals surface area contributed by atoms with Crippen molar-refractivity contribution in [3.05, 3.63) is 44.8 Å². The zero-order valence-electron chi connectivity index (χ0n) is 15.4. The van der Waals surface area contributed by atoms with Gasteiger partial charge in [-0.25, -0.2) is 8.42 Å². The first kappa shape index (κ1) is 19.7. The summed E-state index contributed by atoms with van der Waals surface area (Å²) in [5, 5.41) is 3.97. The number of halogens is 1. The summed E-state index contributed by atoms with van der Waals surface area (Å²) < 4.78 is 25.7. The van der Waals surface area contributed by atoms with E-state index < -0.39 is 21.2 Å². The van der Waals surface area contributed by atoms with E-state index in [1.165, 1.54) is 35.1 Å². The van der Waals surface area contributed by atoms with E-state index in [1.54, 1.807) is 0 Å². The lowest BCUT2D eigenvalue weighted by atomic mass is 9.96. The predicted molar refractivity (Wildman–Crippen MR) is 101 cm³/mol. The molecular formula is C17H20ClN3O5S. The van der Waals surface area contributed by atoms with Crippen molar-refractivity contribution in [1.29, 1.82) is 0 Å². The van der Waals surface area contributed by atoms with Crippen LogP contribution in [0, 0.1) is 5.41 Å². The number of hydrogen-bond acceptors (Lipinski definition) is 6. The lowest BCUT2D eigenvalue weighted by Crippen LogP contribution is -2.25. The van der Waals surface area contributed by atoms with Crippen LogP contribution >= 0.6 is 11.6 Å². The van der Waals surface area contributed by atoms with Crippen molar-refractivity contribution in [3.8, 4) is 0 Å². The fourth-order valence-electron chi connectivity index (χ4n) is 2.90. The Morgan fingerprint density at radius 3 is 2.44 bits per heavy atom. The standard InChI is InChI=1S/C17H20ClN3O5S/c1-17(2)8-21(26-9-17)14-12(27(4,24)25)6-5-10(13(14)18)15(22)11-7-19-20(3)16(11)23/h5-7,19H,8-9H2,1-4H3. The largest absolute Gasteiger partial charge is 0.302 e. The minimum absolute atomic E-state index is 0.0315. The number of rotatable bonds is 4. The molecule has 1 aliphatic rings. The van der Waals surface area contributed by atoms with Gasteiger partial charge in [0.05, 0.1) is 23.1 Å². The number of sulfone groups is 1. The topological polar surface area (TPSA) is 101 Å². The molecule has 1 N–H and O–H groups in total. The number of ketones is 1. The van der Waals surface area contributed by atoms with Gasteiger partial charge in [-0.2, -0.15) is 0 Å². The molecule has 10 heteroatoms. The van der Waals surface area contributed by atoms with E-state index in [2.05, 4.69) is 5.10 Å². The summed E-state index contributed by atoms with van der Waals surface area (Å²) in [4.78, 5) is 30.5. The summed E-state index contributed by atoms with van der Waals surface area (Å²) >= 11 is 6.47. The molecule has 1 aromatic carbocycles. The monoisotopic (exact) mass is 413 g/mol. The number of carbonyl (C=O) groups excluding carboxylic acids is 1. The number of aromatic amines is 1. The van der Waals surface area contributed by atoms with Crippen LogP contribution in [0.25, 0.3) is 0 Å². The van der Waals surface area contributed by atoms with Gasteiger partial charge in [-0.3, -0.25) is 24.2 Å². The highest BCUT2D eigenvalue weighted by Gasteiger charge is 2.36. The van der Waals surface area contributed by atoms with E-state index in [9.17, 15) is 18.0 Å². The highest BCUT2D eigenvalue weighted by molar-refractivity contribution is 7.90. The molecule has 0 saturated carbocycles. The van der Waals surface area contributed by atoms with E-state index in [0.717, 1.165) is 6.26 Å². The van der Waals surface area contributed by atoms with Gasteiger partial charge in [-0.1, -0.05) is 25.4 Å². The van der Waals surface area contributed by atoms with Crippen molar-refractivity contribution in [2.24, 2.45) is 12.5 Å². The number of aryl methyl sites for hydroxylation is 1. The molecular weight excluding hydrogens is 394 g/mol. The highest BCUT2D eigenvalue weighted by atomic mass is 35.5. The van der Waals surface area contributed by atoms with Crippen LogP contribution in [0.5, 0.6) is 0 Å². The quantitative estimate of drug-likeness (QED) is 0.766. The Morgan fingerprint density at radius 1 is 1.30 bits per heavy atom. The van der Waals surface area contributed by atoms with Gasteiger partial charge >= 0.3 is 0 Å². The molecule has 1 aromatic heterocycles. The zero-order valence-corrected chi connectivity index (χ0v) is 16.9. The first-order valence-corrected chi connectivity index (χ1v) is 10.4. The molecule has 0 unspecified atom stereocenters. The molecule has 0 amide bonds. The van der Waals surface area contributed by atoms with Gasteiger partial charge in [0.1, 0.15) is 11.3 Å². The number of anilines is 1. The summed E-state index contributed by atoms with van der Waals surface area (Å²) in [5.41, 5.74) is -0.648. The highest BCUT2D eigenvalue weighted by Crippen LogP contribution is 2.40. The molecule has 0 spiro atoms. The molecule has 0 radical (unpaired) electrons.